The number of ether oxygens (including phenoxy) is 3. The second-order valence-electron chi connectivity index (χ2n) is 6.69. The third-order valence-corrected chi connectivity index (χ3v) is 4.59. The molecule has 0 saturated carbocycles. The molecule has 2 N–H and O–H groups in total. The smallest absolute Gasteiger partial charge is 0.355 e. The number of nitrogens with one attached hydrogen (secondary N) is 2. The number of aryl methyl sites for hydroxylation is 3. The molecule has 0 atom stereocenters. The summed E-state index contributed by atoms with van der Waals surface area (Å²) in [5, 5.41) is 0. The van der Waals surface area contributed by atoms with Crippen LogP contribution in [0, 0.1) is 27.7 Å². The zero-order valence-corrected chi connectivity index (χ0v) is 18.0. The number of carbonyl (C=O) groups is 4. The first-order chi connectivity index (χ1) is 14.1. The fraction of sp³-hybridized carbons (Fsp3) is 0.429. The summed E-state index contributed by atoms with van der Waals surface area (Å²) < 4.78 is 15.2. The predicted octanol–water partition coefficient (Wildman–Crippen LogP) is 2.97. The first kappa shape index (κ1) is 22.9. The summed E-state index contributed by atoms with van der Waals surface area (Å²) in [7, 11) is 0. The molecule has 0 aliphatic heterocycles. The molecular weight excluding hydrogens is 392 g/mol. The molecule has 9 heteroatoms. The molecule has 0 saturated heterocycles. The molecule has 2 heterocycles. The van der Waals surface area contributed by atoms with Crippen molar-refractivity contribution in [3.05, 3.63) is 45.0 Å². The Morgan fingerprint density at radius 1 is 0.667 bits per heavy atom. The minimum atomic E-state index is -0.790. The number of aromatic amines is 2. The molecule has 162 valence electrons. The fourth-order valence-electron chi connectivity index (χ4n) is 3.33. The minimum absolute atomic E-state index is 0.0657. The van der Waals surface area contributed by atoms with Crippen molar-refractivity contribution in [2.75, 3.05) is 19.8 Å². The van der Waals surface area contributed by atoms with Crippen LogP contribution in [0.1, 0.15) is 78.1 Å². The van der Waals surface area contributed by atoms with E-state index in [0.29, 0.717) is 22.6 Å². The Bertz CT molecular complexity index is 998. The number of rotatable bonds is 8. The van der Waals surface area contributed by atoms with E-state index in [0.717, 1.165) is 0 Å². The Balaban J connectivity index is 2.20. The standard InChI is InChI=1S/C21H26N2O7/c1-7-28-19(25)15-10(3)18(23-11(15)4)21(27)30-9-14(24)16-12(5)22-13(6)17(16)20(26)29-8-2/h22-23H,7-9H2,1-6H3. The van der Waals surface area contributed by atoms with Gasteiger partial charge in [-0.2, -0.15) is 0 Å². The number of esters is 3. The van der Waals surface area contributed by atoms with Crippen LogP contribution in [0.15, 0.2) is 0 Å². The molecule has 0 fully saturated rings. The lowest BCUT2D eigenvalue weighted by Gasteiger charge is -2.07. The van der Waals surface area contributed by atoms with Gasteiger partial charge in [-0.3, -0.25) is 4.79 Å². The van der Waals surface area contributed by atoms with Gasteiger partial charge in [0, 0.05) is 17.1 Å². The van der Waals surface area contributed by atoms with Gasteiger partial charge in [0.2, 0.25) is 5.78 Å². The quantitative estimate of drug-likeness (QED) is 0.383. The van der Waals surface area contributed by atoms with Crippen LogP contribution in [0.4, 0.5) is 0 Å². The highest BCUT2D eigenvalue weighted by Gasteiger charge is 2.28. The summed E-state index contributed by atoms with van der Waals surface area (Å²) in [4.78, 5) is 55.2. The van der Waals surface area contributed by atoms with Gasteiger partial charge in [-0.05, 0) is 47.1 Å². The van der Waals surface area contributed by atoms with Gasteiger partial charge in [-0.1, -0.05) is 0 Å². The van der Waals surface area contributed by atoms with Crippen LogP contribution in [0.2, 0.25) is 0 Å². The molecule has 2 aromatic rings. The lowest BCUT2D eigenvalue weighted by Crippen LogP contribution is -2.18. The Morgan fingerprint density at radius 3 is 1.73 bits per heavy atom. The molecule has 9 nitrogen and oxygen atoms in total. The monoisotopic (exact) mass is 418 g/mol. The zero-order valence-electron chi connectivity index (χ0n) is 18.0. The SMILES string of the molecule is CCOC(=O)c1c(C)[nH]c(C(=O)OCC(=O)c2c(C)[nH]c(C)c2C(=O)OCC)c1C. The zero-order chi connectivity index (χ0) is 22.6. The summed E-state index contributed by atoms with van der Waals surface area (Å²) >= 11 is 0. The second kappa shape index (κ2) is 9.43. The van der Waals surface area contributed by atoms with E-state index in [1.807, 2.05) is 0 Å². The van der Waals surface area contributed by atoms with E-state index < -0.39 is 30.3 Å². The van der Waals surface area contributed by atoms with Crippen LogP contribution in [0.5, 0.6) is 0 Å². The Labute approximate surface area is 174 Å². The highest BCUT2D eigenvalue weighted by molar-refractivity contribution is 6.09. The molecule has 30 heavy (non-hydrogen) atoms. The molecule has 0 aliphatic carbocycles. The summed E-state index contributed by atoms with van der Waals surface area (Å²) in [5.74, 6) is -2.50. The number of aromatic nitrogens is 2. The van der Waals surface area contributed by atoms with Crippen LogP contribution in [0.3, 0.4) is 0 Å². The van der Waals surface area contributed by atoms with Crippen LogP contribution < -0.4 is 0 Å². The fourth-order valence-corrected chi connectivity index (χ4v) is 3.33. The average Bonchev–Trinajstić information content (AvgIpc) is 3.14. The van der Waals surface area contributed by atoms with E-state index in [4.69, 9.17) is 14.2 Å². The maximum absolute atomic E-state index is 12.7. The molecule has 2 rings (SSSR count). The van der Waals surface area contributed by atoms with Crippen LogP contribution in [0.25, 0.3) is 0 Å². The van der Waals surface area contributed by atoms with Gasteiger partial charge in [-0.25, -0.2) is 14.4 Å². The van der Waals surface area contributed by atoms with Crippen molar-refractivity contribution >= 4 is 23.7 Å². The summed E-state index contributed by atoms with van der Waals surface area (Å²) in [6, 6.07) is 0. The van der Waals surface area contributed by atoms with Gasteiger partial charge in [0.15, 0.2) is 6.61 Å². The summed E-state index contributed by atoms with van der Waals surface area (Å²) in [6.07, 6.45) is 0. The normalized spacial score (nSPS) is 10.6. The van der Waals surface area contributed by atoms with Crippen LogP contribution in [-0.2, 0) is 14.2 Å². The highest BCUT2D eigenvalue weighted by atomic mass is 16.5. The van der Waals surface area contributed by atoms with E-state index in [1.54, 1.807) is 41.5 Å². The Morgan fingerprint density at radius 2 is 1.17 bits per heavy atom. The van der Waals surface area contributed by atoms with Crippen molar-refractivity contribution in [1.82, 2.24) is 9.97 Å². The first-order valence-corrected chi connectivity index (χ1v) is 9.56. The number of hydrogen-bond acceptors (Lipinski definition) is 7. The van der Waals surface area contributed by atoms with Gasteiger partial charge >= 0.3 is 17.9 Å². The number of Topliss-reactive ketones (excluding diaryl/α,β-unsaturated/α-hetero) is 1. The van der Waals surface area contributed by atoms with E-state index in [9.17, 15) is 19.2 Å². The molecule has 0 amide bonds. The average molecular weight is 418 g/mol. The first-order valence-electron chi connectivity index (χ1n) is 9.56. The van der Waals surface area contributed by atoms with E-state index in [-0.39, 0.29) is 35.6 Å². The summed E-state index contributed by atoms with van der Waals surface area (Å²) in [6.45, 7) is 9.68. The van der Waals surface area contributed by atoms with E-state index >= 15 is 0 Å². The molecule has 0 bridgehead atoms. The molecule has 0 spiro atoms. The maximum atomic E-state index is 12.7. The number of hydrogen-bond donors (Lipinski definition) is 2. The lowest BCUT2D eigenvalue weighted by molar-refractivity contribution is 0.0466. The van der Waals surface area contributed by atoms with Gasteiger partial charge in [0.25, 0.3) is 0 Å². The van der Waals surface area contributed by atoms with Gasteiger partial charge in [-0.15, -0.1) is 0 Å². The number of carbonyl (C=O) groups excluding carboxylic acids is 4. The van der Waals surface area contributed by atoms with Crippen molar-refractivity contribution in [3.63, 3.8) is 0 Å². The van der Waals surface area contributed by atoms with E-state index in [1.165, 1.54) is 0 Å². The number of ketones is 1. The van der Waals surface area contributed by atoms with Gasteiger partial charge in [0.05, 0.1) is 29.9 Å². The number of H-pyrrole nitrogens is 2. The van der Waals surface area contributed by atoms with Crippen molar-refractivity contribution in [3.8, 4) is 0 Å². The maximum Gasteiger partial charge on any atom is 0.355 e. The van der Waals surface area contributed by atoms with Crippen molar-refractivity contribution < 1.29 is 33.4 Å². The van der Waals surface area contributed by atoms with Crippen molar-refractivity contribution in [1.29, 1.82) is 0 Å². The van der Waals surface area contributed by atoms with Gasteiger partial charge < -0.3 is 24.2 Å². The highest BCUT2D eigenvalue weighted by Crippen LogP contribution is 2.22. The molecular formula is C21H26N2O7. The third kappa shape index (κ3) is 4.45. The minimum Gasteiger partial charge on any atom is -0.462 e. The summed E-state index contributed by atoms with van der Waals surface area (Å²) in [5.41, 5.74) is 2.41. The molecule has 0 aromatic carbocycles. The predicted molar refractivity (Wildman–Crippen MR) is 107 cm³/mol. The largest absolute Gasteiger partial charge is 0.462 e. The molecule has 0 aliphatic rings. The topological polar surface area (TPSA) is 128 Å². The molecule has 0 radical (unpaired) electrons. The lowest BCUT2D eigenvalue weighted by atomic mass is 10.1. The molecule has 2 aromatic heterocycles. The third-order valence-electron chi connectivity index (χ3n) is 4.59. The van der Waals surface area contributed by atoms with Crippen molar-refractivity contribution in [2.45, 2.75) is 41.5 Å². The van der Waals surface area contributed by atoms with Crippen LogP contribution in [-0.4, -0.2) is 53.5 Å². The molecule has 0 unspecified atom stereocenters. The Kier molecular flexibility index (Phi) is 7.20. The van der Waals surface area contributed by atoms with Crippen LogP contribution >= 0.6 is 0 Å². The van der Waals surface area contributed by atoms with E-state index in [2.05, 4.69) is 9.97 Å². The Hall–Kier alpha value is -3.36. The second-order valence-corrected chi connectivity index (χ2v) is 6.69. The van der Waals surface area contributed by atoms with Crippen molar-refractivity contribution in [2.24, 2.45) is 0 Å². The van der Waals surface area contributed by atoms with Gasteiger partial charge in [0.1, 0.15) is 5.69 Å².